The number of ether oxygens (including phenoxy) is 1. The monoisotopic (exact) mass is 292 g/mol. The first-order valence-electron chi connectivity index (χ1n) is 7.96. The van der Waals surface area contributed by atoms with Crippen molar-refractivity contribution in [3.05, 3.63) is 24.2 Å². The Labute approximate surface area is 125 Å². The number of morpholine rings is 1. The standard InChI is InChI=1S/C16H24N2O3/c19-16(14-12-13(14)15-4-3-9-21-15)17-5-1-2-6-18-7-10-20-11-8-18/h3-4,9,13-14H,1-2,5-8,10-12H2,(H,17,19). The Morgan fingerprint density at radius 2 is 2.19 bits per heavy atom. The summed E-state index contributed by atoms with van der Waals surface area (Å²) in [5.41, 5.74) is 0. The van der Waals surface area contributed by atoms with E-state index in [4.69, 9.17) is 9.15 Å². The molecule has 2 fully saturated rings. The van der Waals surface area contributed by atoms with Crippen molar-refractivity contribution < 1.29 is 13.9 Å². The molecule has 2 heterocycles. The van der Waals surface area contributed by atoms with Crippen LogP contribution in [-0.4, -0.2) is 50.2 Å². The van der Waals surface area contributed by atoms with Crippen molar-refractivity contribution >= 4 is 5.91 Å². The van der Waals surface area contributed by atoms with E-state index in [0.29, 0.717) is 5.92 Å². The second-order valence-electron chi connectivity index (χ2n) is 5.92. The van der Waals surface area contributed by atoms with Gasteiger partial charge in [0.2, 0.25) is 5.91 Å². The van der Waals surface area contributed by atoms with E-state index >= 15 is 0 Å². The van der Waals surface area contributed by atoms with Crippen LogP contribution in [0.25, 0.3) is 0 Å². The van der Waals surface area contributed by atoms with Crippen molar-refractivity contribution in [2.45, 2.75) is 25.2 Å². The van der Waals surface area contributed by atoms with Gasteiger partial charge in [-0.2, -0.15) is 0 Å². The normalized spacial score (nSPS) is 25.7. The summed E-state index contributed by atoms with van der Waals surface area (Å²) in [6.45, 7) is 5.68. The molecule has 0 aromatic carbocycles. The van der Waals surface area contributed by atoms with Gasteiger partial charge in [0.15, 0.2) is 0 Å². The Bertz CT molecular complexity index is 440. The van der Waals surface area contributed by atoms with Gasteiger partial charge in [0.1, 0.15) is 5.76 Å². The summed E-state index contributed by atoms with van der Waals surface area (Å²) in [5.74, 6) is 1.55. The highest BCUT2D eigenvalue weighted by Gasteiger charge is 2.45. The predicted molar refractivity (Wildman–Crippen MR) is 79.1 cm³/mol. The van der Waals surface area contributed by atoms with Crippen LogP contribution in [0.5, 0.6) is 0 Å². The molecular weight excluding hydrogens is 268 g/mol. The molecule has 1 saturated carbocycles. The lowest BCUT2D eigenvalue weighted by Gasteiger charge is -2.26. The molecule has 21 heavy (non-hydrogen) atoms. The Hall–Kier alpha value is -1.33. The van der Waals surface area contributed by atoms with Crippen LogP contribution in [-0.2, 0) is 9.53 Å². The summed E-state index contributed by atoms with van der Waals surface area (Å²) in [6, 6.07) is 3.84. The molecule has 3 rings (SSSR count). The maximum absolute atomic E-state index is 12.0. The van der Waals surface area contributed by atoms with Gasteiger partial charge < -0.3 is 14.5 Å². The van der Waals surface area contributed by atoms with E-state index in [1.165, 1.54) is 0 Å². The zero-order chi connectivity index (χ0) is 14.5. The van der Waals surface area contributed by atoms with Crippen molar-refractivity contribution in [1.82, 2.24) is 10.2 Å². The maximum atomic E-state index is 12.0. The van der Waals surface area contributed by atoms with Gasteiger partial charge in [-0.15, -0.1) is 0 Å². The Morgan fingerprint density at radius 3 is 2.95 bits per heavy atom. The SMILES string of the molecule is O=C(NCCCCN1CCOCC1)C1CC1c1ccco1. The highest BCUT2D eigenvalue weighted by atomic mass is 16.5. The van der Waals surface area contributed by atoms with Crippen LogP contribution in [0.15, 0.2) is 22.8 Å². The third-order valence-electron chi connectivity index (χ3n) is 4.34. The topological polar surface area (TPSA) is 54.7 Å². The molecule has 1 N–H and O–H groups in total. The second kappa shape index (κ2) is 7.09. The second-order valence-corrected chi connectivity index (χ2v) is 5.92. The smallest absolute Gasteiger partial charge is 0.223 e. The van der Waals surface area contributed by atoms with Crippen molar-refractivity contribution in [2.24, 2.45) is 5.92 Å². The number of nitrogens with zero attached hydrogens (tertiary/aromatic N) is 1. The Morgan fingerprint density at radius 1 is 1.33 bits per heavy atom. The van der Waals surface area contributed by atoms with Crippen LogP contribution in [0.4, 0.5) is 0 Å². The third-order valence-corrected chi connectivity index (χ3v) is 4.34. The van der Waals surface area contributed by atoms with Crippen LogP contribution < -0.4 is 5.32 Å². The van der Waals surface area contributed by atoms with Crippen molar-refractivity contribution in [3.63, 3.8) is 0 Å². The molecule has 5 heteroatoms. The first-order chi connectivity index (χ1) is 10.3. The zero-order valence-corrected chi connectivity index (χ0v) is 12.4. The number of hydrogen-bond donors (Lipinski definition) is 1. The molecule has 1 aromatic rings. The summed E-state index contributed by atoms with van der Waals surface area (Å²) < 4.78 is 10.7. The summed E-state index contributed by atoms with van der Waals surface area (Å²) in [7, 11) is 0. The summed E-state index contributed by atoms with van der Waals surface area (Å²) >= 11 is 0. The zero-order valence-electron chi connectivity index (χ0n) is 12.4. The van der Waals surface area contributed by atoms with Gasteiger partial charge in [0, 0.05) is 31.5 Å². The molecule has 2 aliphatic rings. The first kappa shape index (κ1) is 14.6. The van der Waals surface area contributed by atoms with E-state index < -0.39 is 0 Å². The van der Waals surface area contributed by atoms with Crippen LogP contribution in [0.2, 0.25) is 0 Å². The molecule has 0 bridgehead atoms. The van der Waals surface area contributed by atoms with Gasteiger partial charge in [0.25, 0.3) is 0 Å². The molecule has 2 unspecified atom stereocenters. The lowest BCUT2D eigenvalue weighted by atomic mass is 10.2. The van der Waals surface area contributed by atoms with Crippen LogP contribution in [0.1, 0.15) is 30.9 Å². The van der Waals surface area contributed by atoms with Crippen LogP contribution in [0.3, 0.4) is 0 Å². The predicted octanol–water partition coefficient (Wildman–Crippen LogP) is 1.61. The Balaban J connectivity index is 1.25. The summed E-state index contributed by atoms with van der Waals surface area (Å²) in [5, 5.41) is 3.05. The van der Waals surface area contributed by atoms with E-state index in [1.54, 1.807) is 6.26 Å². The number of carbonyl (C=O) groups excluding carboxylic acids is 1. The molecule has 5 nitrogen and oxygen atoms in total. The third kappa shape index (κ3) is 4.08. The van der Waals surface area contributed by atoms with Gasteiger partial charge in [-0.3, -0.25) is 9.69 Å². The lowest BCUT2D eigenvalue weighted by Crippen LogP contribution is -2.37. The number of hydrogen-bond acceptors (Lipinski definition) is 4. The molecule has 116 valence electrons. The fourth-order valence-electron chi connectivity index (χ4n) is 2.93. The molecule has 1 aliphatic carbocycles. The van der Waals surface area contributed by atoms with E-state index in [9.17, 15) is 4.79 Å². The van der Waals surface area contributed by atoms with Crippen LogP contribution >= 0.6 is 0 Å². The number of carbonyl (C=O) groups is 1. The largest absolute Gasteiger partial charge is 0.469 e. The fraction of sp³-hybridized carbons (Fsp3) is 0.688. The van der Waals surface area contributed by atoms with Crippen molar-refractivity contribution in [1.29, 1.82) is 0 Å². The number of amides is 1. The fourth-order valence-corrected chi connectivity index (χ4v) is 2.93. The summed E-state index contributed by atoms with van der Waals surface area (Å²) in [4.78, 5) is 14.4. The van der Waals surface area contributed by atoms with Gasteiger partial charge in [-0.05, 0) is 37.9 Å². The molecule has 2 atom stereocenters. The lowest BCUT2D eigenvalue weighted by molar-refractivity contribution is -0.122. The number of nitrogens with one attached hydrogen (secondary N) is 1. The van der Waals surface area contributed by atoms with Gasteiger partial charge in [-0.1, -0.05) is 0 Å². The highest BCUT2D eigenvalue weighted by molar-refractivity contribution is 5.82. The van der Waals surface area contributed by atoms with Gasteiger partial charge in [0.05, 0.1) is 19.5 Å². The molecule has 0 radical (unpaired) electrons. The van der Waals surface area contributed by atoms with Gasteiger partial charge in [-0.25, -0.2) is 0 Å². The average Bonchev–Trinajstić information content (AvgIpc) is 3.13. The average molecular weight is 292 g/mol. The first-order valence-corrected chi connectivity index (χ1v) is 7.96. The maximum Gasteiger partial charge on any atom is 0.223 e. The molecule has 0 spiro atoms. The minimum atomic E-state index is 0.121. The number of rotatable bonds is 7. The molecule has 1 amide bonds. The molecule has 1 saturated heterocycles. The minimum absolute atomic E-state index is 0.121. The van der Waals surface area contributed by atoms with Crippen molar-refractivity contribution in [2.75, 3.05) is 39.4 Å². The highest BCUT2D eigenvalue weighted by Crippen LogP contribution is 2.47. The minimum Gasteiger partial charge on any atom is -0.469 e. The van der Waals surface area contributed by atoms with Gasteiger partial charge >= 0.3 is 0 Å². The molecule has 1 aromatic heterocycles. The number of unbranched alkanes of at least 4 members (excludes halogenated alkanes) is 1. The van der Waals surface area contributed by atoms with E-state index in [1.807, 2.05) is 12.1 Å². The van der Waals surface area contributed by atoms with E-state index in [-0.39, 0.29) is 11.8 Å². The summed E-state index contributed by atoms with van der Waals surface area (Å²) in [6.07, 6.45) is 4.77. The van der Waals surface area contributed by atoms with Crippen molar-refractivity contribution in [3.8, 4) is 0 Å². The number of furan rings is 1. The van der Waals surface area contributed by atoms with E-state index in [2.05, 4.69) is 10.2 Å². The molecular formula is C16H24N2O3. The van der Waals surface area contributed by atoms with E-state index in [0.717, 1.165) is 64.4 Å². The Kier molecular flexibility index (Phi) is 4.93. The quantitative estimate of drug-likeness (QED) is 0.776. The molecule has 1 aliphatic heterocycles. The van der Waals surface area contributed by atoms with Crippen LogP contribution in [0, 0.1) is 5.92 Å².